The lowest BCUT2D eigenvalue weighted by atomic mass is 10.2. The smallest absolute Gasteiger partial charge is 0.238 e. The minimum atomic E-state index is -0.115. The second-order valence-electron chi connectivity index (χ2n) is 5.45. The summed E-state index contributed by atoms with van der Waals surface area (Å²) in [5.41, 5.74) is 0.663. The number of hydrogen-bond acceptors (Lipinski definition) is 5. The molecule has 1 aliphatic heterocycles. The SMILES string of the molecule is CCOc1ccc(NC(=O)CN2CCNC(=O)CC2)cc1OCC. The van der Waals surface area contributed by atoms with Gasteiger partial charge in [-0.3, -0.25) is 14.5 Å². The Hall–Kier alpha value is -2.28. The van der Waals surface area contributed by atoms with Gasteiger partial charge in [0, 0.05) is 37.8 Å². The van der Waals surface area contributed by atoms with Crippen LogP contribution in [0.25, 0.3) is 0 Å². The molecule has 2 N–H and O–H groups in total. The van der Waals surface area contributed by atoms with Gasteiger partial charge in [0.25, 0.3) is 0 Å². The summed E-state index contributed by atoms with van der Waals surface area (Å²) in [6, 6.07) is 5.34. The van der Waals surface area contributed by atoms with E-state index in [9.17, 15) is 9.59 Å². The molecule has 0 atom stereocenters. The van der Waals surface area contributed by atoms with E-state index in [0.29, 0.717) is 56.5 Å². The van der Waals surface area contributed by atoms with Gasteiger partial charge in [0.15, 0.2) is 11.5 Å². The van der Waals surface area contributed by atoms with Crippen molar-refractivity contribution in [3.05, 3.63) is 18.2 Å². The third kappa shape index (κ3) is 5.42. The molecule has 0 saturated carbocycles. The third-order valence-electron chi connectivity index (χ3n) is 3.60. The number of benzene rings is 1. The first-order chi connectivity index (χ1) is 11.6. The zero-order chi connectivity index (χ0) is 17.4. The average Bonchev–Trinajstić information content (AvgIpc) is 2.75. The van der Waals surface area contributed by atoms with Crippen LogP contribution in [-0.2, 0) is 9.59 Å². The van der Waals surface area contributed by atoms with E-state index in [2.05, 4.69) is 10.6 Å². The quantitative estimate of drug-likeness (QED) is 0.784. The highest BCUT2D eigenvalue weighted by Gasteiger charge is 2.16. The average molecular weight is 335 g/mol. The van der Waals surface area contributed by atoms with Crippen molar-refractivity contribution >= 4 is 17.5 Å². The van der Waals surface area contributed by atoms with Gasteiger partial charge in [-0.25, -0.2) is 0 Å². The molecule has 2 amide bonds. The molecular formula is C17H25N3O4. The van der Waals surface area contributed by atoms with Crippen molar-refractivity contribution in [2.45, 2.75) is 20.3 Å². The Morgan fingerprint density at radius 2 is 1.96 bits per heavy atom. The van der Waals surface area contributed by atoms with E-state index in [4.69, 9.17) is 9.47 Å². The van der Waals surface area contributed by atoms with Gasteiger partial charge in [0.05, 0.1) is 19.8 Å². The van der Waals surface area contributed by atoms with E-state index >= 15 is 0 Å². The second-order valence-corrected chi connectivity index (χ2v) is 5.45. The molecule has 1 heterocycles. The van der Waals surface area contributed by atoms with Gasteiger partial charge in [-0.05, 0) is 26.0 Å². The zero-order valence-corrected chi connectivity index (χ0v) is 14.3. The maximum atomic E-state index is 12.2. The van der Waals surface area contributed by atoms with E-state index in [1.54, 1.807) is 18.2 Å². The molecule has 0 aromatic heterocycles. The Morgan fingerprint density at radius 1 is 1.21 bits per heavy atom. The molecule has 1 aromatic rings. The number of nitrogens with zero attached hydrogens (tertiary/aromatic N) is 1. The molecule has 1 aromatic carbocycles. The molecule has 132 valence electrons. The Labute approximate surface area is 142 Å². The van der Waals surface area contributed by atoms with Gasteiger partial charge >= 0.3 is 0 Å². The minimum absolute atomic E-state index is 0.0331. The number of carbonyl (C=O) groups is 2. The fraction of sp³-hybridized carbons (Fsp3) is 0.529. The number of hydrogen-bond donors (Lipinski definition) is 2. The van der Waals surface area contributed by atoms with Gasteiger partial charge in [0.2, 0.25) is 11.8 Å². The van der Waals surface area contributed by atoms with Crippen LogP contribution < -0.4 is 20.1 Å². The van der Waals surface area contributed by atoms with E-state index in [1.165, 1.54) is 0 Å². The Kier molecular flexibility index (Phi) is 6.87. The zero-order valence-electron chi connectivity index (χ0n) is 14.3. The number of nitrogens with one attached hydrogen (secondary N) is 2. The predicted octanol–water partition coefficient (Wildman–Crippen LogP) is 1.24. The van der Waals surface area contributed by atoms with Crippen LogP contribution in [0.3, 0.4) is 0 Å². The maximum absolute atomic E-state index is 12.2. The summed E-state index contributed by atoms with van der Waals surface area (Å²) in [4.78, 5) is 25.5. The molecule has 1 fully saturated rings. The van der Waals surface area contributed by atoms with Crippen LogP contribution in [0, 0.1) is 0 Å². The molecule has 0 unspecified atom stereocenters. The van der Waals surface area contributed by atoms with Crippen LogP contribution >= 0.6 is 0 Å². The highest BCUT2D eigenvalue weighted by Crippen LogP contribution is 2.30. The van der Waals surface area contributed by atoms with Gasteiger partial charge in [-0.2, -0.15) is 0 Å². The summed E-state index contributed by atoms with van der Waals surface area (Å²) < 4.78 is 11.1. The van der Waals surface area contributed by atoms with Crippen molar-refractivity contribution in [1.82, 2.24) is 10.2 Å². The molecule has 7 nitrogen and oxygen atoms in total. The highest BCUT2D eigenvalue weighted by molar-refractivity contribution is 5.92. The Morgan fingerprint density at radius 3 is 2.71 bits per heavy atom. The second kappa shape index (κ2) is 9.12. The highest BCUT2D eigenvalue weighted by atomic mass is 16.5. The first kappa shape index (κ1) is 18.1. The van der Waals surface area contributed by atoms with E-state index in [-0.39, 0.29) is 18.4 Å². The van der Waals surface area contributed by atoms with Crippen LogP contribution in [0.1, 0.15) is 20.3 Å². The first-order valence-electron chi connectivity index (χ1n) is 8.31. The van der Waals surface area contributed by atoms with Crippen LogP contribution in [0.15, 0.2) is 18.2 Å². The monoisotopic (exact) mass is 335 g/mol. The molecule has 1 saturated heterocycles. The summed E-state index contributed by atoms with van der Waals surface area (Å²) >= 11 is 0. The molecule has 0 radical (unpaired) electrons. The summed E-state index contributed by atoms with van der Waals surface area (Å²) in [6.45, 7) is 6.97. The molecule has 2 rings (SSSR count). The Bertz CT molecular complexity index is 577. The predicted molar refractivity (Wildman–Crippen MR) is 91.5 cm³/mol. The number of anilines is 1. The maximum Gasteiger partial charge on any atom is 0.238 e. The largest absolute Gasteiger partial charge is 0.490 e. The van der Waals surface area contributed by atoms with Crippen LogP contribution in [0.2, 0.25) is 0 Å². The van der Waals surface area contributed by atoms with Gasteiger partial charge < -0.3 is 20.1 Å². The van der Waals surface area contributed by atoms with Crippen molar-refractivity contribution in [3.8, 4) is 11.5 Å². The molecule has 1 aliphatic rings. The summed E-state index contributed by atoms with van der Waals surface area (Å²) in [7, 11) is 0. The summed E-state index contributed by atoms with van der Waals surface area (Å²) in [6.07, 6.45) is 0.421. The van der Waals surface area contributed by atoms with Gasteiger partial charge in [0.1, 0.15) is 0 Å². The van der Waals surface area contributed by atoms with Crippen molar-refractivity contribution < 1.29 is 19.1 Å². The molecule has 7 heteroatoms. The molecule has 0 bridgehead atoms. The number of ether oxygens (including phenoxy) is 2. The van der Waals surface area contributed by atoms with Crippen LogP contribution in [0.4, 0.5) is 5.69 Å². The van der Waals surface area contributed by atoms with Crippen molar-refractivity contribution in [1.29, 1.82) is 0 Å². The van der Waals surface area contributed by atoms with Crippen LogP contribution in [0.5, 0.6) is 11.5 Å². The third-order valence-corrected chi connectivity index (χ3v) is 3.60. The van der Waals surface area contributed by atoms with Gasteiger partial charge in [-0.15, -0.1) is 0 Å². The summed E-state index contributed by atoms with van der Waals surface area (Å²) in [5, 5.41) is 5.66. The number of rotatable bonds is 7. The normalized spacial score (nSPS) is 15.3. The van der Waals surface area contributed by atoms with Crippen molar-refractivity contribution in [3.63, 3.8) is 0 Å². The topological polar surface area (TPSA) is 79.9 Å². The fourth-order valence-electron chi connectivity index (χ4n) is 2.50. The van der Waals surface area contributed by atoms with E-state index in [0.717, 1.165) is 0 Å². The number of carbonyl (C=O) groups excluding carboxylic acids is 2. The first-order valence-corrected chi connectivity index (χ1v) is 8.31. The minimum Gasteiger partial charge on any atom is -0.490 e. The lowest BCUT2D eigenvalue weighted by molar-refractivity contribution is -0.121. The number of amides is 2. The Balaban J connectivity index is 1.95. The fourth-order valence-corrected chi connectivity index (χ4v) is 2.50. The molecule has 24 heavy (non-hydrogen) atoms. The lowest BCUT2D eigenvalue weighted by Crippen LogP contribution is -2.35. The van der Waals surface area contributed by atoms with Crippen LogP contribution in [-0.4, -0.2) is 56.1 Å². The van der Waals surface area contributed by atoms with Crippen molar-refractivity contribution in [2.24, 2.45) is 0 Å². The standard InChI is InChI=1S/C17H25N3O4/c1-3-23-14-6-5-13(11-15(14)24-4-2)19-17(22)12-20-9-7-16(21)18-8-10-20/h5-6,11H,3-4,7-10,12H2,1-2H3,(H,18,21)(H,19,22). The van der Waals surface area contributed by atoms with Crippen molar-refractivity contribution in [2.75, 3.05) is 44.7 Å². The van der Waals surface area contributed by atoms with E-state index < -0.39 is 0 Å². The lowest BCUT2D eigenvalue weighted by Gasteiger charge is -2.18. The molecule has 0 spiro atoms. The van der Waals surface area contributed by atoms with Gasteiger partial charge in [-0.1, -0.05) is 0 Å². The molecular weight excluding hydrogens is 310 g/mol. The van der Waals surface area contributed by atoms with E-state index in [1.807, 2.05) is 18.7 Å². The molecule has 0 aliphatic carbocycles. The summed E-state index contributed by atoms with van der Waals surface area (Å²) in [5.74, 6) is 1.19.